The van der Waals surface area contributed by atoms with Gasteiger partial charge in [0.2, 0.25) is 0 Å². The first-order valence-electron chi connectivity index (χ1n) is 10.2. The van der Waals surface area contributed by atoms with Gasteiger partial charge in [-0.05, 0) is 37.3 Å². The van der Waals surface area contributed by atoms with Crippen LogP contribution in [0.25, 0.3) is 16.9 Å². The van der Waals surface area contributed by atoms with E-state index in [0.717, 1.165) is 41.4 Å². The molecule has 2 fully saturated rings. The predicted molar refractivity (Wildman–Crippen MR) is 117 cm³/mol. The molecule has 2 aliphatic rings. The highest BCUT2D eigenvalue weighted by Gasteiger charge is 2.33. The Morgan fingerprint density at radius 3 is 2.57 bits per heavy atom. The Hall–Kier alpha value is -2.77. The number of urea groups is 1. The molecule has 0 unspecified atom stereocenters. The van der Waals surface area contributed by atoms with Gasteiger partial charge in [-0.2, -0.15) is 0 Å². The summed E-state index contributed by atoms with van der Waals surface area (Å²) in [5.41, 5.74) is 4.84. The van der Waals surface area contributed by atoms with Crippen LogP contribution in [-0.2, 0) is 0 Å². The zero-order chi connectivity index (χ0) is 20.8. The predicted octanol–water partition coefficient (Wildman–Crippen LogP) is 2.88. The third-order valence-electron chi connectivity index (χ3n) is 6.02. The van der Waals surface area contributed by atoms with E-state index in [1.807, 2.05) is 41.4 Å². The van der Waals surface area contributed by atoms with Crippen molar-refractivity contribution in [1.82, 2.24) is 19.2 Å². The van der Waals surface area contributed by atoms with Crippen molar-refractivity contribution in [1.29, 1.82) is 0 Å². The van der Waals surface area contributed by atoms with E-state index in [9.17, 15) is 9.90 Å². The minimum absolute atomic E-state index is 0.0251. The van der Waals surface area contributed by atoms with Crippen LogP contribution >= 0.6 is 11.6 Å². The number of aryl methyl sites for hydroxylation is 1. The summed E-state index contributed by atoms with van der Waals surface area (Å²) in [6.07, 6.45) is 1.64. The number of benzene rings is 1. The van der Waals surface area contributed by atoms with E-state index in [2.05, 4.69) is 22.3 Å². The van der Waals surface area contributed by atoms with Crippen molar-refractivity contribution in [2.75, 3.05) is 44.2 Å². The summed E-state index contributed by atoms with van der Waals surface area (Å²) in [7, 11) is 0. The molecule has 3 aromatic rings. The van der Waals surface area contributed by atoms with Crippen molar-refractivity contribution >= 4 is 29.0 Å². The molecule has 4 heterocycles. The Labute approximate surface area is 180 Å². The molecule has 0 saturated carbocycles. The lowest BCUT2D eigenvalue weighted by Gasteiger charge is -2.42. The number of halogens is 1. The smallest absolute Gasteiger partial charge is 0.320 e. The largest absolute Gasteiger partial charge is 0.389 e. The summed E-state index contributed by atoms with van der Waals surface area (Å²) < 4.78 is 2.06. The number of carbonyl (C=O) groups is 1. The normalized spacial score (nSPS) is 17.5. The zero-order valence-electron chi connectivity index (χ0n) is 16.8. The fourth-order valence-corrected chi connectivity index (χ4v) is 4.44. The van der Waals surface area contributed by atoms with Crippen LogP contribution in [0.3, 0.4) is 0 Å². The Kier molecular flexibility index (Phi) is 4.79. The number of imidazole rings is 1. The highest BCUT2D eigenvalue weighted by atomic mass is 35.5. The number of likely N-dealkylation sites (tertiary alicyclic amines) is 1. The second-order valence-corrected chi connectivity index (χ2v) is 8.36. The van der Waals surface area contributed by atoms with E-state index >= 15 is 0 Å². The molecule has 2 saturated heterocycles. The molecule has 0 aliphatic carbocycles. The second-order valence-electron chi connectivity index (χ2n) is 7.95. The van der Waals surface area contributed by atoms with E-state index in [-0.39, 0.29) is 12.1 Å². The molecular formula is C22H24ClN5O2. The highest BCUT2D eigenvalue weighted by Crippen LogP contribution is 2.34. The number of aliphatic hydroxyl groups is 1. The number of carbonyl (C=O) groups excluding carboxylic acids is 1. The molecule has 2 aromatic heterocycles. The highest BCUT2D eigenvalue weighted by molar-refractivity contribution is 6.33. The van der Waals surface area contributed by atoms with Gasteiger partial charge in [0, 0.05) is 49.3 Å². The van der Waals surface area contributed by atoms with Crippen LogP contribution in [0.2, 0.25) is 5.02 Å². The van der Waals surface area contributed by atoms with Crippen molar-refractivity contribution in [2.45, 2.75) is 13.0 Å². The molecule has 7 nitrogen and oxygen atoms in total. The molecule has 2 amide bonds. The van der Waals surface area contributed by atoms with Gasteiger partial charge in [0.25, 0.3) is 0 Å². The number of hydrogen-bond acceptors (Lipinski definition) is 4. The van der Waals surface area contributed by atoms with Gasteiger partial charge in [-0.1, -0.05) is 17.7 Å². The molecule has 2 aliphatic heterocycles. The van der Waals surface area contributed by atoms with Crippen LogP contribution in [-0.4, -0.2) is 75.7 Å². The third-order valence-corrected chi connectivity index (χ3v) is 6.35. The average molecular weight is 426 g/mol. The van der Waals surface area contributed by atoms with Gasteiger partial charge in [0.15, 0.2) is 0 Å². The number of anilines is 1. The van der Waals surface area contributed by atoms with Crippen molar-refractivity contribution in [3.8, 4) is 11.3 Å². The molecule has 0 radical (unpaired) electrons. The van der Waals surface area contributed by atoms with E-state index in [0.29, 0.717) is 31.2 Å². The summed E-state index contributed by atoms with van der Waals surface area (Å²) in [6, 6.07) is 12.0. The lowest BCUT2D eigenvalue weighted by atomic mass is 10.1. The van der Waals surface area contributed by atoms with Gasteiger partial charge < -0.3 is 24.2 Å². The maximum atomic E-state index is 12.5. The van der Waals surface area contributed by atoms with Gasteiger partial charge in [0.1, 0.15) is 5.65 Å². The number of fused-ring (bicyclic) bond motifs is 1. The first-order chi connectivity index (χ1) is 14.5. The number of piperazine rings is 1. The van der Waals surface area contributed by atoms with Gasteiger partial charge in [-0.25, -0.2) is 9.78 Å². The standard InChI is InChI=1S/C22H24ClN5O2/c1-15-21(24-20-4-2-3-7-28(15)20)18-12-16(5-6-19(18)23)25-8-10-26(11-9-25)22(30)27-13-17(29)14-27/h2-7,12,17,29H,8-11,13-14H2,1H3. The number of rotatable bonds is 2. The molecule has 5 rings (SSSR count). The van der Waals surface area contributed by atoms with Crippen LogP contribution in [0, 0.1) is 6.92 Å². The van der Waals surface area contributed by atoms with E-state index in [4.69, 9.17) is 16.6 Å². The molecule has 156 valence electrons. The number of pyridine rings is 1. The molecule has 1 N–H and O–H groups in total. The van der Waals surface area contributed by atoms with Crippen LogP contribution in [0.1, 0.15) is 5.69 Å². The third kappa shape index (κ3) is 3.28. The number of nitrogens with zero attached hydrogens (tertiary/aromatic N) is 5. The summed E-state index contributed by atoms with van der Waals surface area (Å²) in [6.45, 7) is 5.78. The number of hydrogen-bond donors (Lipinski definition) is 1. The maximum Gasteiger partial charge on any atom is 0.320 e. The van der Waals surface area contributed by atoms with Gasteiger partial charge in [-0.15, -0.1) is 0 Å². The quantitative estimate of drug-likeness (QED) is 0.685. The topological polar surface area (TPSA) is 64.3 Å². The monoisotopic (exact) mass is 425 g/mol. The Morgan fingerprint density at radius 2 is 1.87 bits per heavy atom. The summed E-state index contributed by atoms with van der Waals surface area (Å²) >= 11 is 6.56. The maximum absolute atomic E-state index is 12.5. The van der Waals surface area contributed by atoms with Crippen molar-refractivity contribution < 1.29 is 9.90 Å². The van der Waals surface area contributed by atoms with E-state index in [1.165, 1.54) is 0 Å². The zero-order valence-corrected chi connectivity index (χ0v) is 17.6. The van der Waals surface area contributed by atoms with Gasteiger partial charge in [-0.3, -0.25) is 0 Å². The Morgan fingerprint density at radius 1 is 1.10 bits per heavy atom. The van der Waals surface area contributed by atoms with Gasteiger partial charge >= 0.3 is 6.03 Å². The van der Waals surface area contributed by atoms with E-state index < -0.39 is 0 Å². The number of β-amino-alcohol motifs (C(OH)–C–C–N with tert-alkyl or cyclic N) is 1. The van der Waals surface area contributed by atoms with Gasteiger partial charge in [0.05, 0.1) is 29.9 Å². The van der Waals surface area contributed by atoms with Crippen molar-refractivity contribution in [2.24, 2.45) is 0 Å². The lowest BCUT2D eigenvalue weighted by Crippen LogP contribution is -2.60. The van der Waals surface area contributed by atoms with Crippen LogP contribution < -0.4 is 4.90 Å². The molecule has 0 spiro atoms. The fourth-order valence-electron chi connectivity index (χ4n) is 4.23. The summed E-state index contributed by atoms with van der Waals surface area (Å²) in [5.74, 6) is 0. The summed E-state index contributed by atoms with van der Waals surface area (Å²) in [4.78, 5) is 23.1. The molecule has 8 heteroatoms. The van der Waals surface area contributed by atoms with Crippen LogP contribution in [0.15, 0.2) is 42.6 Å². The first-order valence-corrected chi connectivity index (χ1v) is 10.6. The molecule has 1 aromatic carbocycles. The SMILES string of the molecule is Cc1c(-c2cc(N3CCN(C(=O)N4CC(O)C4)CC3)ccc2Cl)nc2ccccn12. The Bertz CT molecular complexity index is 1100. The van der Waals surface area contributed by atoms with Crippen molar-refractivity contribution in [3.05, 3.63) is 53.3 Å². The molecular weight excluding hydrogens is 402 g/mol. The minimum atomic E-state index is -0.370. The molecule has 0 atom stereocenters. The van der Waals surface area contributed by atoms with Crippen molar-refractivity contribution in [3.63, 3.8) is 0 Å². The van der Waals surface area contributed by atoms with Crippen LogP contribution in [0.4, 0.5) is 10.5 Å². The number of amides is 2. The second kappa shape index (κ2) is 7.49. The number of aromatic nitrogens is 2. The van der Waals surface area contributed by atoms with Crippen LogP contribution in [0.5, 0.6) is 0 Å². The molecule has 30 heavy (non-hydrogen) atoms. The fraction of sp³-hybridized carbons (Fsp3) is 0.364. The van der Waals surface area contributed by atoms with E-state index in [1.54, 1.807) is 4.90 Å². The Balaban J connectivity index is 1.35. The number of aliphatic hydroxyl groups excluding tert-OH is 1. The lowest BCUT2D eigenvalue weighted by molar-refractivity contribution is 0.0145. The average Bonchev–Trinajstić information content (AvgIpc) is 3.08. The summed E-state index contributed by atoms with van der Waals surface area (Å²) in [5, 5.41) is 10.1. The molecule has 0 bridgehead atoms. The first kappa shape index (κ1) is 19.2. The minimum Gasteiger partial charge on any atom is -0.389 e.